The molecule has 0 unspecified atom stereocenters. The van der Waals surface area contributed by atoms with Crippen LogP contribution in [0.3, 0.4) is 0 Å². The topological polar surface area (TPSA) is 67.9 Å². The van der Waals surface area contributed by atoms with Crippen molar-refractivity contribution in [2.24, 2.45) is 0 Å². The van der Waals surface area contributed by atoms with E-state index < -0.39 is 35.5 Å². The maximum Gasteiger partial charge on any atom is 0.417 e. The van der Waals surface area contributed by atoms with Crippen LogP contribution in [0.15, 0.2) is 24.3 Å². The largest absolute Gasteiger partial charge is 0.460 e. The molecule has 2 fully saturated rings. The Balaban J connectivity index is 1.94. The number of imide groups is 1. The fourth-order valence-corrected chi connectivity index (χ4v) is 2.93. The second kappa shape index (κ2) is 5.45. The highest BCUT2D eigenvalue weighted by Gasteiger charge is 2.50. The van der Waals surface area contributed by atoms with E-state index in [0.29, 0.717) is 0 Å². The number of hydrogen-bond donors (Lipinski definition) is 1. The third-order valence-electron chi connectivity index (χ3n) is 3.85. The SMILES string of the molecule is CC1(C)COC(=O)N1C(=O)[C@@H]1NC(=S)O[C@H]1c1ccccc1F. The van der Waals surface area contributed by atoms with Gasteiger partial charge in [-0.25, -0.2) is 14.1 Å². The first-order valence-corrected chi connectivity index (χ1v) is 7.44. The number of cyclic esters (lactones) is 1. The summed E-state index contributed by atoms with van der Waals surface area (Å²) in [4.78, 5) is 25.7. The molecule has 2 amide bonds. The first-order valence-electron chi connectivity index (χ1n) is 7.04. The summed E-state index contributed by atoms with van der Waals surface area (Å²) in [5.41, 5.74) is -0.594. The minimum Gasteiger partial charge on any atom is -0.460 e. The number of carbonyl (C=O) groups excluding carboxylic acids is 2. The summed E-state index contributed by atoms with van der Waals surface area (Å²) in [6.07, 6.45) is -1.67. The lowest BCUT2D eigenvalue weighted by Gasteiger charge is -2.29. The Bertz CT molecular complexity index is 694. The zero-order valence-electron chi connectivity index (χ0n) is 12.5. The Kier molecular flexibility index (Phi) is 3.71. The molecular weight excluding hydrogens is 323 g/mol. The van der Waals surface area contributed by atoms with Crippen molar-refractivity contribution in [2.45, 2.75) is 31.5 Å². The van der Waals surface area contributed by atoms with Crippen molar-refractivity contribution in [3.05, 3.63) is 35.6 Å². The number of carbonyl (C=O) groups is 2. The lowest BCUT2D eigenvalue weighted by atomic mass is 9.99. The molecule has 0 spiro atoms. The average molecular weight is 338 g/mol. The van der Waals surface area contributed by atoms with Crippen molar-refractivity contribution >= 4 is 29.4 Å². The van der Waals surface area contributed by atoms with Crippen molar-refractivity contribution < 1.29 is 23.5 Å². The van der Waals surface area contributed by atoms with E-state index in [4.69, 9.17) is 21.7 Å². The number of rotatable bonds is 2. The summed E-state index contributed by atoms with van der Waals surface area (Å²) in [6, 6.07) is 4.97. The van der Waals surface area contributed by atoms with Crippen LogP contribution in [0.25, 0.3) is 0 Å². The summed E-state index contributed by atoms with van der Waals surface area (Å²) in [7, 11) is 0. The van der Waals surface area contributed by atoms with Gasteiger partial charge < -0.3 is 14.8 Å². The molecule has 6 nitrogen and oxygen atoms in total. The number of nitrogens with one attached hydrogen (secondary N) is 1. The van der Waals surface area contributed by atoms with Gasteiger partial charge in [-0.05, 0) is 32.1 Å². The zero-order valence-corrected chi connectivity index (χ0v) is 13.4. The minimum absolute atomic E-state index is 0.0121. The predicted molar refractivity (Wildman–Crippen MR) is 82.0 cm³/mol. The molecule has 23 heavy (non-hydrogen) atoms. The fraction of sp³-hybridized carbons (Fsp3) is 0.400. The molecular formula is C15H15FN2O4S. The Morgan fingerprint density at radius 3 is 2.74 bits per heavy atom. The lowest BCUT2D eigenvalue weighted by molar-refractivity contribution is -0.134. The standard InChI is InChI=1S/C15H15FN2O4S/c1-15(2)7-21-14(20)18(15)12(19)10-11(22-13(23)17-10)8-5-3-4-6-9(8)16/h3-6,10-11H,7H2,1-2H3,(H,17,23)/t10-,11+/m1/s1. The highest BCUT2D eigenvalue weighted by Crippen LogP contribution is 2.32. The number of ether oxygens (including phenoxy) is 2. The maximum atomic E-state index is 14.0. The molecule has 0 aromatic heterocycles. The van der Waals surface area contributed by atoms with Crippen molar-refractivity contribution in [3.63, 3.8) is 0 Å². The molecule has 1 aromatic rings. The van der Waals surface area contributed by atoms with Crippen LogP contribution in [-0.4, -0.2) is 40.3 Å². The zero-order chi connectivity index (χ0) is 16.8. The van der Waals surface area contributed by atoms with E-state index in [9.17, 15) is 14.0 Å². The van der Waals surface area contributed by atoms with Gasteiger partial charge in [0.25, 0.3) is 11.1 Å². The second-order valence-corrected chi connectivity index (χ2v) is 6.38. The number of benzene rings is 1. The molecule has 0 aliphatic carbocycles. The molecule has 3 rings (SSSR count). The van der Waals surface area contributed by atoms with Crippen LogP contribution in [0.2, 0.25) is 0 Å². The highest BCUT2D eigenvalue weighted by molar-refractivity contribution is 7.80. The van der Waals surface area contributed by atoms with Gasteiger partial charge in [0.15, 0.2) is 12.1 Å². The van der Waals surface area contributed by atoms with Gasteiger partial charge in [-0.1, -0.05) is 18.2 Å². The highest BCUT2D eigenvalue weighted by atomic mass is 32.1. The Labute approximate surface area is 137 Å². The van der Waals surface area contributed by atoms with Gasteiger partial charge >= 0.3 is 6.09 Å². The van der Waals surface area contributed by atoms with Crippen LogP contribution in [0.5, 0.6) is 0 Å². The van der Waals surface area contributed by atoms with Gasteiger partial charge in [0.05, 0.1) is 5.54 Å². The molecule has 8 heteroatoms. The molecule has 0 radical (unpaired) electrons. The summed E-state index contributed by atoms with van der Waals surface area (Å²) in [5, 5.41) is 2.70. The van der Waals surface area contributed by atoms with Crippen LogP contribution >= 0.6 is 12.2 Å². The number of thiocarbonyl (C=S) groups is 1. The molecule has 122 valence electrons. The fourth-order valence-electron chi connectivity index (χ4n) is 2.70. The van der Waals surface area contributed by atoms with Crippen LogP contribution in [0.1, 0.15) is 25.5 Å². The normalized spacial score (nSPS) is 25.8. The van der Waals surface area contributed by atoms with Gasteiger partial charge in [-0.15, -0.1) is 0 Å². The molecule has 0 saturated carbocycles. The third kappa shape index (κ3) is 2.63. The van der Waals surface area contributed by atoms with Crippen molar-refractivity contribution in [1.82, 2.24) is 10.2 Å². The van der Waals surface area contributed by atoms with Crippen molar-refractivity contribution in [2.75, 3.05) is 6.61 Å². The minimum atomic E-state index is -0.996. The van der Waals surface area contributed by atoms with Crippen LogP contribution in [-0.2, 0) is 14.3 Å². The van der Waals surface area contributed by atoms with Gasteiger partial charge in [-0.2, -0.15) is 0 Å². The summed E-state index contributed by atoms with van der Waals surface area (Å²) in [6.45, 7) is 3.52. The van der Waals surface area contributed by atoms with Crippen LogP contribution in [0.4, 0.5) is 9.18 Å². The molecule has 1 N–H and O–H groups in total. The van der Waals surface area contributed by atoms with Crippen LogP contribution < -0.4 is 5.32 Å². The number of hydrogen-bond acceptors (Lipinski definition) is 5. The molecule has 2 saturated heterocycles. The van der Waals surface area contributed by atoms with Gasteiger partial charge in [0.1, 0.15) is 12.4 Å². The van der Waals surface area contributed by atoms with E-state index in [-0.39, 0.29) is 17.3 Å². The quantitative estimate of drug-likeness (QED) is 0.831. The first-order chi connectivity index (χ1) is 10.8. The number of nitrogens with zero attached hydrogens (tertiary/aromatic N) is 1. The van der Waals surface area contributed by atoms with Crippen molar-refractivity contribution in [1.29, 1.82) is 0 Å². The van der Waals surface area contributed by atoms with Gasteiger partial charge in [0, 0.05) is 5.56 Å². The lowest BCUT2D eigenvalue weighted by Crippen LogP contribution is -2.53. The molecule has 2 atom stereocenters. The van der Waals surface area contributed by atoms with E-state index >= 15 is 0 Å². The molecule has 1 aromatic carbocycles. The van der Waals surface area contributed by atoms with Crippen LogP contribution in [0, 0.1) is 5.82 Å². The maximum absolute atomic E-state index is 14.0. The monoisotopic (exact) mass is 338 g/mol. The Hall–Kier alpha value is -2.22. The predicted octanol–water partition coefficient (Wildman–Crippen LogP) is 1.90. The molecule has 2 aliphatic rings. The number of amides is 2. The van der Waals surface area contributed by atoms with E-state index in [0.717, 1.165) is 4.90 Å². The Morgan fingerprint density at radius 1 is 1.43 bits per heavy atom. The van der Waals surface area contributed by atoms with E-state index in [1.54, 1.807) is 19.9 Å². The number of halogens is 1. The van der Waals surface area contributed by atoms with Crippen molar-refractivity contribution in [3.8, 4) is 0 Å². The van der Waals surface area contributed by atoms with Gasteiger partial charge in [0.2, 0.25) is 0 Å². The second-order valence-electron chi connectivity index (χ2n) is 6.01. The Morgan fingerprint density at radius 2 is 2.13 bits per heavy atom. The van der Waals surface area contributed by atoms with E-state index in [2.05, 4.69) is 5.32 Å². The summed E-state index contributed by atoms with van der Waals surface area (Å²) in [5.74, 6) is -1.07. The first kappa shape index (κ1) is 15.7. The van der Waals surface area contributed by atoms with E-state index in [1.807, 2.05) is 0 Å². The van der Waals surface area contributed by atoms with E-state index in [1.165, 1.54) is 18.2 Å². The van der Waals surface area contributed by atoms with Gasteiger partial charge in [-0.3, -0.25) is 4.79 Å². The molecule has 2 heterocycles. The smallest absolute Gasteiger partial charge is 0.417 e. The summed E-state index contributed by atoms with van der Waals surface area (Å²) >= 11 is 4.95. The third-order valence-corrected chi connectivity index (χ3v) is 4.06. The summed E-state index contributed by atoms with van der Waals surface area (Å²) < 4.78 is 24.4. The average Bonchev–Trinajstić information content (AvgIpc) is 2.99. The molecule has 0 bridgehead atoms. The molecule has 2 aliphatic heterocycles.